The van der Waals surface area contributed by atoms with Crippen molar-refractivity contribution in [2.45, 2.75) is 38.5 Å². The van der Waals surface area contributed by atoms with Gasteiger partial charge in [0.05, 0.1) is 11.8 Å². The number of fused-ring (bicyclic) bond motifs is 3. The van der Waals surface area contributed by atoms with Crippen LogP contribution in [-0.2, 0) is 9.59 Å². The number of carbonyl (C=O) groups excluding carboxylic acids is 1. The average molecular weight is 251 g/mol. The van der Waals surface area contributed by atoms with Gasteiger partial charge in [0.2, 0.25) is 5.91 Å². The summed E-state index contributed by atoms with van der Waals surface area (Å²) >= 11 is 0. The normalized spacial score (nSPS) is 39.0. The van der Waals surface area contributed by atoms with Gasteiger partial charge >= 0.3 is 5.97 Å². The number of rotatable bonds is 2. The molecule has 4 nitrogen and oxygen atoms in total. The summed E-state index contributed by atoms with van der Waals surface area (Å²) in [5.41, 5.74) is 0. The molecular weight excluding hydrogens is 230 g/mol. The summed E-state index contributed by atoms with van der Waals surface area (Å²) in [4.78, 5) is 26.0. The third-order valence-corrected chi connectivity index (χ3v) is 5.21. The van der Waals surface area contributed by atoms with Crippen LogP contribution in [0.5, 0.6) is 0 Å². The predicted molar refractivity (Wildman–Crippen MR) is 65.9 cm³/mol. The molecule has 2 atom stereocenters. The molecule has 18 heavy (non-hydrogen) atoms. The van der Waals surface area contributed by atoms with Gasteiger partial charge in [-0.25, -0.2) is 0 Å². The van der Waals surface area contributed by atoms with Crippen molar-refractivity contribution < 1.29 is 14.7 Å². The lowest BCUT2D eigenvalue weighted by atomic mass is 9.58. The number of carboxylic acids is 1. The van der Waals surface area contributed by atoms with Gasteiger partial charge in [0.1, 0.15) is 0 Å². The van der Waals surface area contributed by atoms with Gasteiger partial charge in [0, 0.05) is 13.1 Å². The summed E-state index contributed by atoms with van der Waals surface area (Å²) in [5.74, 6) is -0.691. The third kappa shape index (κ3) is 1.82. The highest BCUT2D eigenvalue weighted by Crippen LogP contribution is 2.49. The summed E-state index contributed by atoms with van der Waals surface area (Å²) in [7, 11) is 0. The molecule has 1 N–H and O–H groups in total. The number of aliphatic carboxylic acids is 1. The Balaban J connectivity index is 1.83. The number of amides is 1. The second-order valence-corrected chi connectivity index (χ2v) is 6.10. The lowest BCUT2D eigenvalue weighted by Crippen LogP contribution is -2.51. The summed E-state index contributed by atoms with van der Waals surface area (Å²) in [6.07, 6.45) is 6.27. The Labute approximate surface area is 107 Å². The summed E-state index contributed by atoms with van der Waals surface area (Å²) in [6.45, 7) is 1.66. The maximum atomic E-state index is 12.6. The number of nitrogens with zero attached hydrogens (tertiary/aromatic N) is 1. The van der Waals surface area contributed by atoms with Crippen LogP contribution in [0.25, 0.3) is 0 Å². The fourth-order valence-corrected chi connectivity index (χ4v) is 4.31. The molecule has 1 amide bonds. The molecule has 3 aliphatic carbocycles. The van der Waals surface area contributed by atoms with E-state index < -0.39 is 11.9 Å². The maximum Gasteiger partial charge on any atom is 0.307 e. The summed E-state index contributed by atoms with van der Waals surface area (Å²) in [5, 5.41) is 9.45. The molecule has 4 rings (SSSR count). The van der Waals surface area contributed by atoms with Gasteiger partial charge in [-0.05, 0) is 50.4 Å². The van der Waals surface area contributed by atoms with Crippen LogP contribution in [0, 0.1) is 23.7 Å². The molecule has 4 fully saturated rings. The van der Waals surface area contributed by atoms with Crippen molar-refractivity contribution in [3.05, 3.63) is 0 Å². The largest absolute Gasteiger partial charge is 0.481 e. The van der Waals surface area contributed by atoms with Gasteiger partial charge in [-0.3, -0.25) is 9.59 Å². The van der Waals surface area contributed by atoms with Crippen LogP contribution < -0.4 is 0 Å². The molecule has 0 spiro atoms. The average Bonchev–Trinajstić information content (AvgIpc) is 2.92. The molecule has 1 heterocycles. The Kier molecular flexibility index (Phi) is 3.04. The van der Waals surface area contributed by atoms with Crippen molar-refractivity contribution in [3.8, 4) is 0 Å². The first-order valence-corrected chi connectivity index (χ1v) is 7.20. The predicted octanol–water partition coefficient (Wildman–Crippen LogP) is 1.75. The van der Waals surface area contributed by atoms with Crippen molar-refractivity contribution in [1.82, 2.24) is 4.90 Å². The fraction of sp³-hybridized carbons (Fsp3) is 0.857. The Morgan fingerprint density at radius 1 is 0.889 bits per heavy atom. The molecule has 0 aromatic rings. The standard InChI is InChI=1S/C14H21NO3/c16-13(15-7-1-2-8-15)11-9-3-5-10(6-4-9)12(11)14(17)18/h9-12H,1-8H2,(H,17,18)/t9?,10?,11-,12+/m1/s1. The van der Waals surface area contributed by atoms with Crippen LogP contribution in [0.15, 0.2) is 0 Å². The van der Waals surface area contributed by atoms with Crippen molar-refractivity contribution in [1.29, 1.82) is 0 Å². The quantitative estimate of drug-likeness (QED) is 0.813. The highest BCUT2D eigenvalue weighted by molar-refractivity contribution is 5.86. The Bertz CT molecular complexity index is 354. The second-order valence-electron chi connectivity index (χ2n) is 6.10. The van der Waals surface area contributed by atoms with Crippen LogP contribution >= 0.6 is 0 Å². The van der Waals surface area contributed by atoms with Crippen LogP contribution in [-0.4, -0.2) is 35.0 Å². The number of carboxylic acid groups (broad SMARTS) is 1. The fourth-order valence-electron chi connectivity index (χ4n) is 4.31. The van der Waals surface area contributed by atoms with Gasteiger partial charge in [0.15, 0.2) is 0 Å². The summed E-state index contributed by atoms with van der Waals surface area (Å²) < 4.78 is 0. The van der Waals surface area contributed by atoms with Crippen molar-refractivity contribution >= 4 is 11.9 Å². The van der Waals surface area contributed by atoms with E-state index in [1.807, 2.05) is 4.90 Å². The number of likely N-dealkylation sites (tertiary alicyclic amines) is 1. The third-order valence-electron chi connectivity index (χ3n) is 5.21. The number of carbonyl (C=O) groups is 2. The molecule has 1 aliphatic heterocycles. The first kappa shape index (κ1) is 12.0. The summed E-state index contributed by atoms with van der Waals surface area (Å²) in [6, 6.07) is 0. The van der Waals surface area contributed by atoms with Crippen LogP contribution in [0.4, 0.5) is 0 Å². The minimum Gasteiger partial charge on any atom is -0.481 e. The highest BCUT2D eigenvalue weighted by Gasteiger charge is 2.51. The topological polar surface area (TPSA) is 57.6 Å². The Hall–Kier alpha value is -1.06. The highest BCUT2D eigenvalue weighted by atomic mass is 16.4. The molecule has 4 heteroatoms. The number of hydrogen-bond acceptors (Lipinski definition) is 2. The molecule has 0 aromatic heterocycles. The first-order valence-electron chi connectivity index (χ1n) is 7.20. The molecule has 2 bridgehead atoms. The van der Waals surface area contributed by atoms with E-state index in [1.54, 1.807) is 0 Å². The van der Waals surface area contributed by atoms with Gasteiger partial charge < -0.3 is 10.0 Å². The molecule has 0 aromatic carbocycles. The molecular formula is C14H21NO3. The van der Waals surface area contributed by atoms with Crippen LogP contribution in [0.3, 0.4) is 0 Å². The van der Waals surface area contributed by atoms with E-state index in [1.165, 1.54) is 0 Å². The number of hydrogen-bond donors (Lipinski definition) is 1. The minimum atomic E-state index is -0.748. The zero-order chi connectivity index (χ0) is 12.7. The Morgan fingerprint density at radius 3 is 1.89 bits per heavy atom. The monoisotopic (exact) mass is 251 g/mol. The zero-order valence-electron chi connectivity index (χ0n) is 10.7. The van der Waals surface area contributed by atoms with Crippen LogP contribution in [0.2, 0.25) is 0 Å². The molecule has 100 valence electrons. The van der Waals surface area contributed by atoms with Gasteiger partial charge in [-0.1, -0.05) is 0 Å². The van der Waals surface area contributed by atoms with Crippen LogP contribution in [0.1, 0.15) is 38.5 Å². The van der Waals surface area contributed by atoms with E-state index in [4.69, 9.17) is 0 Å². The lowest BCUT2D eigenvalue weighted by Gasteiger charge is -2.46. The van der Waals surface area contributed by atoms with Gasteiger partial charge in [0.25, 0.3) is 0 Å². The van der Waals surface area contributed by atoms with Crippen molar-refractivity contribution in [2.24, 2.45) is 23.7 Å². The SMILES string of the molecule is O=C(O)[C@H]1C2CCC(CC2)[C@H]1C(=O)N1CCCC1. The smallest absolute Gasteiger partial charge is 0.307 e. The first-order chi connectivity index (χ1) is 8.68. The van der Waals surface area contributed by atoms with Crippen molar-refractivity contribution in [3.63, 3.8) is 0 Å². The Morgan fingerprint density at radius 2 is 1.39 bits per heavy atom. The lowest BCUT2D eigenvalue weighted by molar-refractivity contribution is -0.161. The molecule has 1 saturated heterocycles. The molecule has 3 saturated carbocycles. The molecule has 0 unspecified atom stereocenters. The second kappa shape index (κ2) is 4.56. The zero-order valence-corrected chi connectivity index (χ0v) is 10.7. The minimum absolute atomic E-state index is 0.134. The maximum absolute atomic E-state index is 12.6. The van der Waals surface area contributed by atoms with E-state index in [9.17, 15) is 14.7 Å². The van der Waals surface area contributed by atoms with E-state index in [2.05, 4.69) is 0 Å². The van der Waals surface area contributed by atoms with Gasteiger partial charge in [-0.15, -0.1) is 0 Å². The van der Waals surface area contributed by atoms with E-state index >= 15 is 0 Å². The van der Waals surface area contributed by atoms with Gasteiger partial charge in [-0.2, -0.15) is 0 Å². The molecule has 0 radical (unpaired) electrons. The van der Waals surface area contributed by atoms with E-state index in [0.29, 0.717) is 5.92 Å². The van der Waals surface area contributed by atoms with E-state index in [0.717, 1.165) is 51.6 Å². The van der Waals surface area contributed by atoms with E-state index in [-0.39, 0.29) is 17.7 Å². The molecule has 4 aliphatic rings. The van der Waals surface area contributed by atoms with Crippen molar-refractivity contribution in [2.75, 3.05) is 13.1 Å².